The fourth-order valence-corrected chi connectivity index (χ4v) is 3.02. The highest BCUT2D eigenvalue weighted by molar-refractivity contribution is 6.30. The molecule has 0 radical (unpaired) electrons. The Balaban J connectivity index is 1.70. The molecule has 150 valence electrons. The molecule has 4 rings (SSSR count). The van der Waals surface area contributed by atoms with Crippen molar-refractivity contribution in [2.45, 2.75) is 0 Å². The first-order chi connectivity index (χ1) is 14.5. The molecule has 0 bridgehead atoms. The molecule has 0 atom stereocenters. The summed E-state index contributed by atoms with van der Waals surface area (Å²) in [6, 6.07) is 21.4. The lowest BCUT2D eigenvalue weighted by atomic mass is 10.2. The number of nitrogens with one attached hydrogen (secondary N) is 1. The number of aromatic amines is 1. The minimum atomic E-state index is -0.533. The number of halogens is 1. The summed E-state index contributed by atoms with van der Waals surface area (Å²) >= 11 is 6.05. The Hall–Kier alpha value is -3.84. The molecule has 0 saturated carbocycles. The number of furan rings is 1. The predicted octanol–water partition coefficient (Wildman–Crippen LogP) is 4.16. The first-order valence-electron chi connectivity index (χ1n) is 9.06. The predicted molar refractivity (Wildman–Crippen MR) is 118 cm³/mol. The van der Waals surface area contributed by atoms with Gasteiger partial charge in [-0.25, -0.2) is 9.80 Å². The highest BCUT2D eigenvalue weighted by Gasteiger charge is 2.12. The normalized spacial score (nSPS) is 11.1. The number of hydrazone groups is 1. The van der Waals surface area contributed by atoms with Crippen LogP contribution in [0.25, 0.3) is 11.3 Å². The molecule has 0 fully saturated rings. The number of para-hydroxylation sites is 1. The number of aromatic nitrogens is 2. The molecule has 0 spiro atoms. The molecule has 2 heterocycles. The van der Waals surface area contributed by atoms with Crippen molar-refractivity contribution in [1.82, 2.24) is 9.55 Å². The van der Waals surface area contributed by atoms with Crippen LogP contribution in [0.2, 0.25) is 5.02 Å². The van der Waals surface area contributed by atoms with E-state index in [1.807, 2.05) is 54.6 Å². The van der Waals surface area contributed by atoms with E-state index in [4.69, 9.17) is 16.0 Å². The van der Waals surface area contributed by atoms with E-state index in [1.54, 1.807) is 12.1 Å². The summed E-state index contributed by atoms with van der Waals surface area (Å²) in [6.45, 7) is 0. The van der Waals surface area contributed by atoms with Crippen LogP contribution in [0, 0.1) is 0 Å². The maximum absolute atomic E-state index is 12.1. The van der Waals surface area contributed by atoms with Gasteiger partial charge >= 0.3 is 5.69 Å². The molecule has 0 aliphatic carbocycles. The Bertz CT molecular complexity index is 1290. The van der Waals surface area contributed by atoms with Crippen LogP contribution in [-0.4, -0.2) is 15.8 Å². The molecule has 0 saturated heterocycles. The zero-order chi connectivity index (χ0) is 21.1. The van der Waals surface area contributed by atoms with Gasteiger partial charge in [0.05, 0.1) is 11.9 Å². The second-order valence-electron chi connectivity index (χ2n) is 6.46. The Morgan fingerprint density at radius 2 is 1.83 bits per heavy atom. The molecular formula is C22H17ClN4O3. The first-order valence-corrected chi connectivity index (χ1v) is 9.44. The van der Waals surface area contributed by atoms with E-state index in [1.165, 1.54) is 24.3 Å². The van der Waals surface area contributed by atoms with Crippen LogP contribution >= 0.6 is 11.6 Å². The molecule has 8 heteroatoms. The molecule has 0 aliphatic heterocycles. The van der Waals surface area contributed by atoms with Crippen LogP contribution in [0.4, 0.5) is 11.5 Å². The van der Waals surface area contributed by atoms with Crippen molar-refractivity contribution in [2.75, 3.05) is 5.01 Å². The summed E-state index contributed by atoms with van der Waals surface area (Å²) in [5.74, 6) is 1.39. The third kappa shape index (κ3) is 4.11. The average molecular weight is 421 g/mol. The van der Waals surface area contributed by atoms with Gasteiger partial charge in [-0.3, -0.25) is 14.3 Å². The summed E-state index contributed by atoms with van der Waals surface area (Å²) in [5, 5.41) is 6.52. The van der Waals surface area contributed by atoms with Crippen molar-refractivity contribution >= 4 is 29.3 Å². The lowest BCUT2D eigenvalue weighted by Gasteiger charge is -2.18. The van der Waals surface area contributed by atoms with E-state index in [2.05, 4.69) is 10.1 Å². The minimum absolute atomic E-state index is 0.243. The van der Waals surface area contributed by atoms with Crippen LogP contribution in [0.5, 0.6) is 0 Å². The van der Waals surface area contributed by atoms with Gasteiger partial charge in [0, 0.05) is 23.7 Å². The average Bonchev–Trinajstić information content (AvgIpc) is 3.22. The number of nitrogens with zero attached hydrogens (tertiary/aromatic N) is 3. The lowest BCUT2D eigenvalue weighted by molar-refractivity contribution is 0.575. The molecular weight excluding hydrogens is 404 g/mol. The van der Waals surface area contributed by atoms with Crippen molar-refractivity contribution in [3.63, 3.8) is 0 Å². The monoisotopic (exact) mass is 420 g/mol. The van der Waals surface area contributed by atoms with E-state index in [9.17, 15) is 9.59 Å². The number of hydrogen-bond donors (Lipinski definition) is 1. The van der Waals surface area contributed by atoms with Crippen molar-refractivity contribution in [3.8, 4) is 11.3 Å². The largest absolute Gasteiger partial charge is 0.455 e. The quantitative estimate of drug-likeness (QED) is 0.388. The maximum atomic E-state index is 12.1. The SMILES string of the molecule is Cn1c(=O)cc(N(/N=C/c2ccc(-c3cccc(Cl)c3)o2)c2ccccc2)[nH]c1=O. The maximum Gasteiger partial charge on any atom is 0.329 e. The van der Waals surface area contributed by atoms with Gasteiger partial charge in [-0.15, -0.1) is 0 Å². The smallest absolute Gasteiger partial charge is 0.329 e. The first kappa shape index (κ1) is 19.5. The van der Waals surface area contributed by atoms with E-state index < -0.39 is 11.2 Å². The molecule has 1 N–H and O–H groups in total. The molecule has 2 aromatic heterocycles. The zero-order valence-corrected chi connectivity index (χ0v) is 16.7. The molecule has 30 heavy (non-hydrogen) atoms. The third-order valence-electron chi connectivity index (χ3n) is 4.40. The van der Waals surface area contributed by atoms with Gasteiger partial charge in [-0.1, -0.05) is 41.9 Å². The highest BCUT2D eigenvalue weighted by atomic mass is 35.5. The standard InChI is InChI=1S/C22H17ClN4O3/c1-26-21(28)13-20(25-22(26)29)27(17-8-3-2-4-9-17)24-14-18-10-11-19(30-18)15-6-5-7-16(23)12-15/h2-14H,1H3,(H,25,29)/b24-14+. The van der Waals surface area contributed by atoms with E-state index in [0.29, 0.717) is 22.2 Å². The summed E-state index contributed by atoms with van der Waals surface area (Å²) in [7, 11) is 1.40. The minimum Gasteiger partial charge on any atom is -0.455 e. The molecule has 4 aromatic rings. The molecule has 0 amide bonds. The molecule has 7 nitrogen and oxygen atoms in total. The van der Waals surface area contributed by atoms with Crippen molar-refractivity contribution in [2.24, 2.45) is 12.1 Å². The van der Waals surface area contributed by atoms with Crippen molar-refractivity contribution in [1.29, 1.82) is 0 Å². The van der Waals surface area contributed by atoms with Gasteiger partial charge < -0.3 is 4.42 Å². The number of anilines is 2. The molecule has 0 unspecified atom stereocenters. The Kier molecular flexibility index (Phi) is 5.36. The number of H-pyrrole nitrogens is 1. The van der Waals surface area contributed by atoms with E-state index >= 15 is 0 Å². The Morgan fingerprint density at radius 3 is 2.57 bits per heavy atom. The van der Waals surface area contributed by atoms with Crippen LogP contribution in [0.15, 0.2) is 91.9 Å². The third-order valence-corrected chi connectivity index (χ3v) is 4.63. The number of hydrogen-bond acceptors (Lipinski definition) is 5. The fourth-order valence-electron chi connectivity index (χ4n) is 2.83. The van der Waals surface area contributed by atoms with Gasteiger partial charge in [-0.05, 0) is 36.4 Å². The molecule has 2 aromatic carbocycles. The lowest BCUT2D eigenvalue weighted by Crippen LogP contribution is -2.33. The van der Waals surface area contributed by atoms with E-state index in [-0.39, 0.29) is 5.82 Å². The van der Waals surface area contributed by atoms with Gasteiger partial charge in [-0.2, -0.15) is 5.10 Å². The topological polar surface area (TPSA) is 83.6 Å². The number of benzene rings is 2. The second kappa shape index (κ2) is 8.26. The van der Waals surface area contributed by atoms with Crippen LogP contribution in [-0.2, 0) is 7.05 Å². The van der Waals surface area contributed by atoms with Gasteiger partial charge in [0.1, 0.15) is 17.3 Å². The van der Waals surface area contributed by atoms with Crippen LogP contribution in [0.3, 0.4) is 0 Å². The fraction of sp³-hybridized carbons (Fsp3) is 0.0455. The molecule has 0 aliphatic rings. The van der Waals surface area contributed by atoms with Gasteiger partial charge in [0.25, 0.3) is 5.56 Å². The Labute approximate surface area is 176 Å². The number of rotatable bonds is 5. The highest BCUT2D eigenvalue weighted by Crippen LogP contribution is 2.25. The van der Waals surface area contributed by atoms with E-state index in [0.717, 1.165) is 10.1 Å². The second-order valence-corrected chi connectivity index (χ2v) is 6.90. The summed E-state index contributed by atoms with van der Waals surface area (Å²) in [6.07, 6.45) is 1.51. The van der Waals surface area contributed by atoms with Crippen molar-refractivity contribution < 1.29 is 4.42 Å². The van der Waals surface area contributed by atoms with Gasteiger partial charge in [0.15, 0.2) is 0 Å². The zero-order valence-electron chi connectivity index (χ0n) is 15.9. The van der Waals surface area contributed by atoms with Crippen molar-refractivity contribution in [3.05, 3.63) is 104 Å². The summed E-state index contributed by atoms with van der Waals surface area (Å²) in [5.41, 5.74) is 0.540. The summed E-state index contributed by atoms with van der Waals surface area (Å²) in [4.78, 5) is 26.8. The van der Waals surface area contributed by atoms with Gasteiger partial charge in [0.2, 0.25) is 0 Å². The Morgan fingerprint density at radius 1 is 1.03 bits per heavy atom. The van der Waals surface area contributed by atoms with Crippen LogP contribution < -0.4 is 16.3 Å². The summed E-state index contributed by atoms with van der Waals surface area (Å²) < 4.78 is 6.83. The van der Waals surface area contributed by atoms with Crippen LogP contribution in [0.1, 0.15) is 5.76 Å².